The zero-order chi connectivity index (χ0) is 13.5. The Hall–Kier alpha value is -1.77. The van der Waals surface area contributed by atoms with Gasteiger partial charge in [-0.2, -0.15) is 0 Å². The monoisotopic (exact) mass is 256 g/mol. The van der Waals surface area contributed by atoms with E-state index in [1.165, 1.54) is 12.8 Å². The van der Waals surface area contributed by atoms with E-state index >= 15 is 0 Å². The van der Waals surface area contributed by atoms with Gasteiger partial charge in [-0.3, -0.25) is 4.79 Å². The summed E-state index contributed by atoms with van der Waals surface area (Å²) in [5.74, 6) is 0.0445. The van der Waals surface area contributed by atoms with Gasteiger partial charge >= 0.3 is 0 Å². The molecule has 0 spiro atoms. The highest BCUT2D eigenvalue weighted by Gasteiger charge is 2.35. The van der Waals surface area contributed by atoms with Gasteiger partial charge in [0.25, 0.3) is 5.91 Å². The van der Waals surface area contributed by atoms with Gasteiger partial charge in [0.1, 0.15) is 0 Å². The third-order valence-corrected chi connectivity index (χ3v) is 4.38. The van der Waals surface area contributed by atoms with Crippen LogP contribution in [-0.4, -0.2) is 16.9 Å². The van der Waals surface area contributed by atoms with Gasteiger partial charge in [-0.15, -0.1) is 0 Å². The van der Waals surface area contributed by atoms with Crippen molar-refractivity contribution in [1.82, 2.24) is 10.3 Å². The average molecular weight is 256 g/mol. The van der Waals surface area contributed by atoms with E-state index in [2.05, 4.69) is 24.1 Å². The number of benzene rings is 1. The number of rotatable bonds is 2. The Morgan fingerprint density at radius 1 is 1.37 bits per heavy atom. The molecule has 1 amide bonds. The Morgan fingerprint density at radius 2 is 2.21 bits per heavy atom. The minimum Gasteiger partial charge on any atom is -0.361 e. The van der Waals surface area contributed by atoms with E-state index in [-0.39, 0.29) is 11.3 Å². The van der Waals surface area contributed by atoms with Gasteiger partial charge in [-0.05, 0) is 42.5 Å². The lowest BCUT2D eigenvalue weighted by Gasteiger charge is -2.27. The van der Waals surface area contributed by atoms with E-state index in [1.807, 2.05) is 30.5 Å². The summed E-state index contributed by atoms with van der Waals surface area (Å²) in [4.78, 5) is 15.5. The van der Waals surface area contributed by atoms with Crippen LogP contribution in [-0.2, 0) is 0 Å². The number of hydrogen-bond acceptors (Lipinski definition) is 1. The molecule has 3 rings (SSSR count). The molecular weight excluding hydrogens is 236 g/mol. The average Bonchev–Trinajstić information content (AvgIpc) is 2.95. The van der Waals surface area contributed by atoms with Crippen molar-refractivity contribution in [1.29, 1.82) is 0 Å². The summed E-state index contributed by atoms with van der Waals surface area (Å²) in [5, 5.41) is 4.27. The van der Waals surface area contributed by atoms with Gasteiger partial charge in [0.2, 0.25) is 0 Å². The van der Waals surface area contributed by atoms with E-state index < -0.39 is 0 Å². The molecule has 19 heavy (non-hydrogen) atoms. The molecule has 1 atom stereocenters. The molecule has 1 unspecified atom stereocenters. The number of hydrogen-bond donors (Lipinski definition) is 2. The van der Waals surface area contributed by atoms with Gasteiger partial charge in [-0.1, -0.05) is 20.3 Å². The van der Waals surface area contributed by atoms with Crippen molar-refractivity contribution in [2.45, 2.75) is 39.2 Å². The molecule has 100 valence electrons. The quantitative estimate of drug-likeness (QED) is 0.849. The molecule has 2 aromatic rings. The second-order valence-corrected chi connectivity index (χ2v) is 6.19. The maximum Gasteiger partial charge on any atom is 0.251 e. The minimum atomic E-state index is 0.0445. The summed E-state index contributed by atoms with van der Waals surface area (Å²) in [6.07, 6.45) is 5.38. The van der Waals surface area contributed by atoms with Gasteiger partial charge in [0.05, 0.1) is 0 Å². The van der Waals surface area contributed by atoms with Crippen molar-refractivity contribution < 1.29 is 4.79 Å². The molecule has 2 N–H and O–H groups in total. The molecule has 3 nitrogen and oxygen atoms in total. The van der Waals surface area contributed by atoms with Crippen molar-refractivity contribution >= 4 is 16.8 Å². The van der Waals surface area contributed by atoms with E-state index in [0.29, 0.717) is 6.04 Å². The topological polar surface area (TPSA) is 44.9 Å². The molecule has 0 saturated heterocycles. The number of carbonyl (C=O) groups is 1. The predicted octanol–water partition coefficient (Wildman–Crippen LogP) is 3.48. The highest BCUT2D eigenvalue weighted by atomic mass is 16.1. The highest BCUT2D eigenvalue weighted by molar-refractivity contribution is 5.98. The van der Waals surface area contributed by atoms with Gasteiger partial charge in [0.15, 0.2) is 0 Å². The molecule has 3 heteroatoms. The molecule has 1 aromatic heterocycles. The van der Waals surface area contributed by atoms with Gasteiger partial charge < -0.3 is 10.3 Å². The third-order valence-electron chi connectivity index (χ3n) is 4.38. The molecule has 1 aromatic carbocycles. The van der Waals surface area contributed by atoms with E-state index in [1.54, 1.807) is 0 Å². The fourth-order valence-corrected chi connectivity index (χ4v) is 3.03. The normalized spacial score (nSPS) is 21.7. The Bertz CT molecular complexity index is 612. The molecular formula is C16H20N2O. The number of aromatic nitrogens is 1. The first kappa shape index (κ1) is 12.3. The molecule has 1 heterocycles. The van der Waals surface area contributed by atoms with Gasteiger partial charge in [0, 0.05) is 28.7 Å². The number of H-pyrrole nitrogens is 1. The smallest absolute Gasteiger partial charge is 0.251 e. The summed E-state index contributed by atoms with van der Waals surface area (Å²) >= 11 is 0. The fourth-order valence-electron chi connectivity index (χ4n) is 3.03. The lowest BCUT2D eigenvalue weighted by atomic mass is 9.87. The number of nitrogens with one attached hydrogen (secondary N) is 2. The molecule has 1 aliphatic carbocycles. The molecule has 0 radical (unpaired) electrons. The van der Waals surface area contributed by atoms with E-state index in [9.17, 15) is 4.79 Å². The summed E-state index contributed by atoms with van der Waals surface area (Å²) in [7, 11) is 0. The summed E-state index contributed by atoms with van der Waals surface area (Å²) < 4.78 is 0. The van der Waals surface area contributed by atoms with Crippen LogP contribution in [0.1, 0.15) is 43.5 Å². The predicted molar refractivity (Wildman–Crippen MR) is 77.2 cm³/mol. The second-order valence-electron chi connectivity index (χ2n) is 6.19. The van der Waals surface area contributed by atoms with Crippen LogP contribution in [0.3, 0.4) is 0 Å². The fraction of sp³-hybridized carbons (Fsp3) is 0.438. The number of fused-ring (bicyclic) bond motifs is 1. The first-order valence-corrected chi connectivity index (χ1v) is 6.94. The maximum atomic E-state index is 12.3. The zero-order valence-corrected chi connectivity index (χ0v) is 11.5. The molecule has 1 aliphatic rings. The van der Waals surface area contributed by atoms with Crippen molar-refractivity contribution in [3.8, 4) is 0 Å². The van der Waals surface area contributed by atoms with Gasteiger partial charge in [-0.25, -0.2) is 0 Å². The van der Waals surface area contributed by atoms with Crippen LogP contribution in [0.25, 0.3) is 10.9 Å². The van der Waals surface area contributed by atoms with Crippen LogP contribution in [0, 0.1) is 5.41 Å². The molecule has 0 aliphatic heterocycles. The van der Waals surface area contributed by atoms with Crippen LogP contribution in [0.2, 0.25) is 0 Å². The van der Waals surface area contributed by atoms with Crippen molar-refractivity contribution in [3.63, 3.8) is 0 Å². The third kappa shape index (κ3) is 2.25. The lowest BCUT2D eigenvalue weighted by molar-refractivity contribution is 0.0910. The maximum absolute atomic E-state index is 12.3. The first-order valence-electron chi connectivity index (χ1n) is 6.94. The van der Waals surface area contributed by atoms with E-state index in [4.69, 9.17) is 0 Å². The molecule has 0 bridgehead atoms. The van der Waals surface area contributed by atoms with Crippen LogP contribution < -0.4 is 5.32 Å². The molecule has 1 saturated carbocycles. The Kier molecular flexibility index (Phi) is 2.85. The van der Waals surface area contributed by atoms with Crippen LogP contribution in [0.5, 0.6) is 0 Å². The summed E-state index contributed by atoms with van der Waals surface area (Å²) in [6, 6.07) is 8.08. The van der Waals surface area contributed by atoms with Crippen LogP contribution >= 0.6 is 0 Å². The minimum absolute atomic E-state index is 0.0445. The second kappa shape index (κ2) is 4.41. The Balaban J connectivity index is 1.80. The largest absolute Gasteiger partial charge is 0.361 e. The number of carbonyl (C=O) groups excluding carboxylic acids is 1. The van der Waals surface area contributed by atoms with Crippen LogP contribution in [0.15, 0.2) is 30.5 Å². The Labute approximate surface area is 113 Å². The van der Waals surface area contributed by atoms with E-state index in [0.717, 1.165) is 22.9 Å². The SMILES string of the molecule is CC1(C)CCCC1NC(=O)c1ccc2[nH]ccc2c1. The summed E-state index contributed by atoms with van der Waals surface area (Å²) in [6.45, 7) is 4.47. The van der Waals surface area contributed by atoms with Crippen LogP contribution in [0.4, 0.5) is 0 Å². The zero-order valence-electron chi connectivity index (χ0n) is 11.5. The van der Waals surface area contributed by atoms with Crippen molar-refractivity contribution in [2.75, 3.05) is 0 Å². The Morgan fingerprint density at radius 3 is 2.95 bits per heavy atom. The first-order chi connectivity index (χ1) is 9.06. The molecule has 1 fully saturated rings. The number of amides is 1. The highest BCUT2D eigenvalue weighted by Crippen LogP contribution is 2.37. The lowest BCUT2D eigenvalue weighted by Crippen LogP contribution is -2.41. The van der Waals surface area contributed by atoms with Crippen molar-refractivity contribution in [3.05, 3.63) is 36.0 Å². The summed E-state index contributed by atoms with van der Waals surface area (Å²) in [5.41, 5.74) is 2.03. The standard InChI is InChI=1S/C16H20N2O/c1-16(2)8-3-4-14(16)18-15(19)12-5-6-13-11(10-12)7-9-17-13/h5-7,9-10,14,17H,3-4,8H2,1-2H3,(H,18,19). The van der Waals surface area contributed by atoms with Crippen molar-refractivity contribution in [2.24, 2.45) is 5.41 Å². The number of aromatic amines is 1.